The van der Waals surface area contributed by atoms with Crippen molar-refractivity contribution >= 4 is 15.7 Å². The standard InChI is InChI=1S/C17H19N3O2S/c1-13-7-8-15(12-20(2)3)10-17(13)19-23(21,22)16-6-4-5-14(9-16)11-18/h4-10,19H,12H2,1-3H3. The molecule has 0 amide bonds. The van der Waals surface area contributed by atoms with Crippen LogP contribution in [0.4, 0.5) is 5.69 Å². The van der Waals surface area contributed by atoms with Crippen LogP contribution in [-0.4, -0.2) is 27.4 Å². The van der Waals surface area contributed by atoms with Crippen molar-refractivity contribution in [3.63, 3.8) is 0 Å². The number of aryl methyl sites for hydroxylation is 1. The number of anilines is 1. The number of rotatable bonds is 5. The molecule has 0 aliphatic carbocycles. The van der Waals surface area contributed by atoms with Crippen LogP contribution in [-0.2, 0) is 16.6 Å². The van der Waals surface area contributed by atoms with Gasteiger partial charge < -0.3 is 4.90 Å². The number of benzene rings is 2. The summed E-state index contributed by atoms with van der Waals surface area (Å²) in [5.74, 6) is 0. The Morgan fingerprint density at radius 2 is 1.91 bits per heavy atom. The molecule has 0 fully saturated rings. The van der Waals surface area contributed by atoms with E-state index in [2.05, 4.69) is 4.72 Å². The Labute approximate surface area is 137 Å². The van der Waals surface area contributed by atoms with Crippen LogP contribution in [0.25, 0.3) is 0 Å². The number of hydrogen-bond donors (Lipinski definition) is 1. The Morgan fingerprint density at radius 3 is 2.57 bits per heavy atom. The van der Waals surface area contributed by atoms with Crippen LogP contribution in [0.5, 0.6) is 0 Å². The maximum Gasteiger partial charge on any atom is 0.261 e. The topological polar surface area (TPSA) is 73.2 Å². The van der Waals surface area contributed by atoms with Crippen LogP contribution in [0.15, 0.2) is 47.4 Å². The smallest absolute Gasteiger partial charge is 0.261 e. The van der Waals surface area contributed by atoms with Gasteiger partial charge in [0.05, 0.1) is 22.2 Å². The Hall–Kier alpha value is -2.36. The Kier molecular flexibility index (Phi) is 5.04. The fourth-order valence-corrected chi connectivity index (χ4v) is 3.35. The van der Waals surface area contributed by atoms with Gasteiger partial charge >= 0.3 is 0 Å². The van der Waals surface area contributed by atoms with E-state index in [0.29, 0.717) is 11.3 Å². The van der Waals surface area contributed by atoms with Crippen LogP contribution < -0.4 is 4.72 Å². The average Bonchev–Trinajstić information content (AvgIpc) is 2.50. The first kappa shape index (κ1) is 17.0. The lowest BCUT2D eigenvalue weighted by Crippen LogP contribution is -2.15. The summed E-state index contributed by atoms with van der Waals surface area (Å²) in [6.07, 6.45) is 0. The molecule has 0 bridgehead atoms. The summed E-state index contributed by atoms with van der Waals surface area (Å²) in [6, 6.07) is 13.6. The summed E-state index contributed by atoms with van der Waals surface area (Å²) in [4.78, 5) is 2.09. The fourth-order valence-electron chi connectivity index (χ4n) is 2.18. The van der Waals surface area contributed by atoms with Crippen molar-refractivity contribution in [3.05, 3.63) is 59.2 Å². The normalized spacial score (nSPS) is 11.3. The summed E-state index contributed by atoms with van der Waals surface area (Å²) in [5.41, 5.74) is 2.72. The van der Waals surface area contributed by atoms with E-state index >= 15 is 0 Å². The van der Waals surface area contributed by atoms with E-state index in [4.69, 9.17) is 5.26 Å². The van der Waals surface area contributed by atoms with Gasteiger partial charge in [-0.05, 0) is 56.4 Å². The molecule has 0 aliphatic rings. The van der Waals surface area contributed by atoms with Gasteiger partial charge in [0.25, 0.3) is 10.0 Å². The fraction of sp³-hybridized carbons (Fsp3) is 0.235. The molecule has 0 spiro atoms. The van der Waals surface area contributed by atoms with Gasteiger partial charge in [-0.15, -0.1) is 0 Å². The largest absolute Gasteiger partial charge is 0.305 e. The minimum Gasteiger partial charge on any atom is -0.305 e. The van der Waals surface area contributed by atoms with Crippen LogP contribution >= 0.6 is 0 Å². The minimum absolute atomic E-state index is 0.0777. The first-order valence-electron chi connectivity index (χ1n) is 7.09. The third-order valence-electron chi connectivity index (χ3n) is 3.32. The second kappa shape index (κ2) is 6.82. The van der Waals surface area contributed by atoms with Crippen LogP contribution in [0.1, 0.15) is 16.7 Å². The molecular weight excluding hydrogens is 310 g/mol. The quantitative estimate of drug-likeness (QED) is 0.915. The molecule has 0 aliphatic heterocycles. The predicted molar refractivity (Wildman–Crippen MR) is 90.5 cm³/mol. The molecule has 0 aromatic heterocycles. The number of nitrogens with one attached hydrogen (secondary N) is 1. The third-order valence-corrected chi connectivity index (χ3v) is 4.68. The number of nitrogens with zero attached hydrogens (tertiary/aromatic N) is 2. The van der Waals surface area contributed by atoms with Gasteiger partial charge in [-0.2, -0.15) is 5.26 Å². The zero-order chi connectivity index (χ0) is 17.0. The minimum atomic E-state index is -3.73. The Bertz CT molecular complexity index is 852. The van der Waals surface area contributed by atoms with E-state index in [1.165, 1.54) is 12.1 Å². The molecule has 0 unspecified atom stereocenters. The highest BCUT2D eigenvalue weighted by atomic mass is 32.2. The Morgan fingerprint density at radius 1 is 1.17 bits per heavy atom. The van der Waals surface area contributed by atoms with Crippen molar-refractivity contribution in [1.29, 1.82) is 5.26 Å². The molecule has 0 radical (unpaired) electrons. The molecule has 0 saturated carbocycles. The second-order valence-corrected chi connectivity index (χ2v) is 7.31. The van der Waals surface area contributed by atoms with Gasteiger partial charge in [0.2, 0.25) is 0 Å². The molecule has 0 atom stereocenters. The van der Waals surface area contributed by atoms with E-state index in [-0.39, 0.29) is 4.90 Å². The van der Waals surface area contributed by atoms with Gasteiger partial charge in [0.1, 0.15) is 0 Å². The lowest BCUT2D eigenvalue weighted by Gasteiger charge is -2.14. The molecular formula is C17H19N3O2S. The molecule has 23 heavy (non-hydrogen) atoms. The first-order chi connectivity index (χ1) is 10.8. The Balaban J connectivity index is 2.35. The van der Waals surface area contributed by atoms with Gasteiger partial charge in [0, 0.05) is 6.54 Å². The van der Waals surface area contributed by atoms with Crippen molar-refractivity contribution in [2.45, 2.75) is 18.4 Å². The van der Waals surface area contributed by atoms with Crippen molar-refractivity contribution in [1.82, 2.24) is 4.90 Å². The number of hydrogen-bond acceptors (Lipinski definition) is 4. The zero-order valence-electron chi connectivity index (χ0n) is 13.4. The maximum atomic E-state index is 12.5. The lowest BCUT2D eigenvalue weighted by molar-refractivity contribution is 0.402. The molecule has 0 saturated heterocycles. The summed E-state index contributed by atoms with van der Waals surface area (Å²) in [6.45, 7) is 2.57. The maximum absolute atomic E-state index is 12.5. The van der Waals surface area contributed by atoms with Gasteiger partial charge in [-0.25, -0.2) is 8.42 Å². The lowest BCUT2D eigenvalue weighted by atomic mass is 10.1. The van der Waals surface area contributed by atoms with E-state index in [1.807, 2.05) is 50.2 Å². The SMILES string of the molecule is Cc1ccc(CN(C)C)cc1NS(=O)(=O)c1cccc(C#N)c1. The summed E-state index contributed by atoms with van der Waals surface area (Å²) >= 11 is 0. The number of nitriles is 1. The summed E-state index contributed by atoms with van der Waals surface area (Å²) in [5, 5.41) is 8.91. The van der Waals surface area contributed by atoms with E-state index < -0.39 is 10.0 Å². The monoisotopic (exact) mass is 329 g/mol. The van der Waals surface area contributed by atoms with E-state index in [9.17, 15) is 8.42 Å². The van der Waals surface area contributed by atoms with Crippen LogP contribution in [0.2, 0.25) is 0 Å². The third kappa shape index (κ3) is 4.31. The first-order valence-corrected chi connectivity index (χ1v) is 8.57. The molecule has 1 N–H and O–H groups in total. The van der Waals surface area contributed by atoms with E-state index in [1.54, 1.807) is 12.1 Å². The van der Waals surface area contributed by atoms with Crippen molar-refractivity contribution in [2.24, 2.45) is 0 Å². The van der Waals surface area contributed by atoms with Gasteiger partial charge in [0.15, 0.2) is 0 Å². The summed E-state index contributed by atoms with van der Waals surface area (Å²) < 4.78 is 27.7. The van der Waals surface area contributed by atoms with E-state index in [0.717, 1.165) is 17.7 Å². The van der Waals surface area contributed by atoms with Crippen molar-refractivity contribution in [2.75, 3.05) is 18.8 Å². The highest BCUT2D eigenvalue weighted by Gasteiger charge is 2.16. The van der Waals surface area contributed by atoms with Crippen LogP contribution in [0, 0.1) is 18.3 Å². The van der Waals surface area contributed by atoms with Gasteiger partial charge in [-0.3, -0.25) is 4.72 Å². The molecule has 2 aromatic carbocycles. The highest BCUT2D eigenvalue weighted by molar-refractivity contribution is 7.92. The molecule has 2 aromatic rings. The molecule has 0 heterocycles. The molecule has 120 valence electrons. The van der Waals surface area contributed by atoms with Gasteiger partial charge in [-0.1, -0.05) is 18.2 Å². The number of sulfonamides is 1. The zero-order valence-corrected chi connectivity index (χ0v) is 14.2. The molecule has 5 nitrogen and oxygen atoms in total. The summed E-state index contributed by atoms with van der Waals surface area (Å²) in [7, 11) is 0.183. The van der Waals surface area contributed by atoms with Crippen molar-refractivity contribution < 1.29 is 8.42 Å². The highest BCUT2D eigenvalue weighted by Crippen LogP contribution is 2.22. The average molecular weight is 329 g/mol. The second-order valence-electron chi connectivity index (χ2n) is 5.63. The molecule has 2 rings (SSSR count). The predicted octanol–water partition coefficient (Wildman–Crippen LogP) is 2.73. The van der Waals surface area contributed by atoms with Crippen molar-refractivity contribution in [3.8, 4) is 6.07 Å². The molecule has 6 heteroatoms. The van der Waals surface area contributed by atoms with Crippen LogP contribution in [0.3, 0.4) is 0 Å².